The lowest BCUT2D eigenvalue weighted by atomic mass is 10.3. The summed E-state index contributed by atoms with van der Waals surface area (Å²) in [5.41, 5.74) is 1.17. The lowest BCUT2D eigenvalue weighted by molar-refractivity contribution is 0.562. The first-order valence-corrected chi connectivity index (χ1v) is 7.06. The molecule has 1 saturated carbocycles. The van der Waals surface area contributed by atoms with E-state index in [1.807, 2.05) is 21.6 Å². The van der Waals surface area contributed by atoms with Crippen molar-refractivity contribution in [2.24, 2.45) is 5.92 Å². The van der Waals surface area contributed by atoms with Gasteiger partial charge in [-0.3, -0.25) is 9.36 Å². The number of nitrogens with zero attached hydrogens (tertiary/aromatic N) is 4. The fourth-order valence-electron chi connectivity index (χ4n) is 1.80. The summed E-state index contributed by atoms with van der Waals surface area (Å²) in [4.78, 5) is 0. The van der Waals surface area contributed by atoms with Crippen LogP contribution in [0.2, 0.25) is 5.15 Å². The Morgan fingerprint density at radius 1 is 1.47 bits per heavy atom. The molecule has 17 heavy (non-hydrogen) atoms. The van der Waals surface area contributed by atoms with E-state index >= 15 is 0 Å². The van der Waals surface area contributed by atoms with Gasteiger partial charge in [-0.2, -0.15) is 10.2 Å². The average molecular weight is 363 g/mol. The molecule has 2 heterocycles. The van der Waals surface area contributed by atoms with E-state index in [1.54, 1.807) is 0 Å². The molecule has 0 aromatic carbocycles. The first-order chi connectivity index (χ1) is 8.20. The molecule has 0 atom stereocenters. The third-order valence-electron chi connectivity index (χ3n) is 2.86. The standard InChI is InChI=1S/C11H12ClIN4/c12-10-3-11(13)17(15-10)7-9-4-14-16(6-9)5-8-1-2-8/h3-4,6,8H,1-2,5,7H2. The van der Waals surface area contributed by atoms with Crippen LogP contribution >= 0.6 is 34.2 Å². The van der Waals surface area contributed by atoms with Crippen molar-refractivity contribution in [3.63, 3.8) is 0 Å². The highest BCUT2D eigenvalue weighted by molar-refractivity contribution is 14.1. The number of hydrogen-bond donors (Lipinski definition) is 0. The molecule has 0 radical (unpaired) electrons. The first-order valence-electron chi connectivity index (χ1n) is 5.61. The summed E-state index contributed by atoms with van der Waals surface area (Å²) in [6.07, 6.45) is 6.71. The van der Waals surface area contributed by atoms with Crippen LogP contribution in [-0.4, -0.2) is 19.6 Å². The third kappa shape index (κ3) is 2.82. The van der Waals surface area contributed by atoms with E-state index in [0.717, 1.165) is 22.7 Å². The number of rotatable bonds is 4. The van der Waals surface area contributed by atoms with Crippen LogP contribution in [0.1, 0.15) is 18.4 Å². The summed E-state index contributed by atoms with van der Waals surface area (Å²) < 4.78 is 4.97. The zero-order valence-corrected chi connectivity index (χ0v) is 12.1. The van der Waals surface area contributed by atoms with Crippen LogP contribution in [0.3, 0.4) is 0 Å². The largest absolute Gasteiger partial charge is 0.272 e. The maximum absolute atomic E-state index is 5.86. The molecule has 0 aliphatic heterocycles. The van der Waals surface area contributed by atoms with E-state index in [1.165, 1.54) is 18.4 Å². The Kier molecular flexibility index (Phi) is 3.12. The molecule has 1 fully saturated rings. The van der Waals surface area contributed by atoms with E-state index in [-0.39, 0.29) is 0 Å². The van der Waals surface area contributed by atoms with Crippen LogP contribution in [-0.2, 0) is 13.1 Å². The Morgan fingerprint density at radius 2 is 2.29 bits per heavy atom. The van der Waals surface area contributed by atoms with Gasteiger partial charge in [0, 0.05) is 24.4 Å². The van der Waals surface area contributed by atoms with Crippen molar-refractivity contribution >= 4 is 34.2 Å². The Balaban J connectivity index is 1.71. The number of aromatic nitrogens is 4. The fraction of sp³-hybridized carbons (Fsp3) is 0.455. The van der Waals surface area contributed by atoms with Gasteiger partial charge in [0.1, 0.15) is 3.70 Å². The quantitative estimate of drug-likeness (QED) is 0.784. The molecule has 90 valence electrons. The van der Waals surface area contributed by atoms with Crippen LogP contribution in [0.15, 0.2) is 18.5 Å². The van der Waals surface area contributed by atoms with Gasteiger partial charge in [-0.1, -0.05) is 11.6 Å². The van der Waals surface area contributed by atoms with Crippen LogP contribution in [0, 0.1) is 9.62 Å². The smallest absolute Gasteiger partial charge is 0.152 e. The Bertz CT molecular complexity index is 529. The number of halogens is 2. The van der Waals surface area contributed by atoms with Crippen molar-refractivity contribution in [2.45, 2.75) is 25.9 Å². The Hall–Kier alpha value is -0.560. The fourth-order valence-corrected chi connectivity index (χ4v) is 2.75. The van der Waals surface area contributed by atoms with Crippen molar-refractivity contribution in [1.82, 2.24) is 19.6 Å². The van der Waals surface area contributed by atoms with Crippen molar-refractivity contribution in [2.75, 3.05) is 0 Å². The van der Waals surface area contributed by atoms with E-state index in [0.29, 0.717) is 5.15 Å². The molecular weight excluding hydrogens is 351 g/mol. The second kappa shape index (κ2) is 4.61. The molecule has 1 aliphatic rings. The van der Waals surface area contributed by atoms with Gasteiger partial charge in [0.2, 0.25) is 0 Å². The van der Waals surface area contributed by atoms with E-state index in [2.05, 4.69) is 39.0 Å². The molecule has 2 aromatic heterocycles. The van der Waals surface area contributed by atoms with Gasteiger partial charge >= 0.3 is 0 Å². The summed E-state index contributed by atoms with van der Waals surface area (Å²) in [6.45, 7) is 1.78. The Morgan fingerprint density at radius 3 is 2.94 bits per heavy atom. The van der Waals surface area contributed by atoms with E-state index in [9.17, 15) is 0 Å². The molecule has 1 aliphatic carbocycles. The van der Waals surface area contributed by atoms with Gasteiger partial charge in [0.05, 0.1) is 12.7 Å². The second-order valence-electron chi connectivity index (χ2n) is 4.46. The zero-order valence-electron chi connectivity index (χ0n) is 9.18. The molecule has 0 N–H and O–H groups in total. The SMILES string of the molecule is Clc1cc(I)n(Cc2cnn(CC3CC3)c2)n1. The van der Waals surface area contributed by atoms with Gasteiger partial charge in [0.25, 0.3) is 0 Å². The minimum absolute atomic E-state index is 0.541. The van der Waals surface area contributed by atoms with Crippen molar-refractivity contribution in [1.29, 1.82) is 0 Å². The first kappa shape index (κ1) is 11.5. The van der Waals surface area contributed by atoms with Crippen LogP contribution < -0.4 is 0 Å². The van der Waals surface area contributed by atoms with E-state index in [4.69, 9.17) is 11.6 Å². The van der Waals surface area contributed by atoms with Crippen molar-refractivity contribution in [3.05, 3.63) is 32.9 Å². The third-order valence-corrected chi connectivity index (χ3v) is 3.92. The second-order valence-corrected chi connectivity index (χ2v) is 5.95. The lowest BCUT2D eigenvalue weighted by Gasteiger charge is -2.00. The van der Waals surface area contributed by atoms with Gasteiger partial charge in [0.15, 0.2) is 5.15 Å². The zero-order chi connectivity index (χ0) is 11.8. The minimum atomic E-state index is 0.541. The molecular formula is C11H12ClIN4. The molecule has 0 spiro atoms. The molecule has 0 saturated heterocycles. The maximum atomic E-state index is 5.86. The van der Waals surface area contributed by atoms with Gasteiger partial charge in [-0.15, -0.1) is 0 Å². The highest BCUT2D eigenvalue weighted by Crippen LogP contribution is 2.30. The highest BCUT2D eigenvalue weighted by Gasteiger charge is 2.21. The van der Waals surface area contributed by atoms with E-state index < -0.39 is 0 Å². The maximum Gasteiger partial charge on any atom is 0.152 e. The van der Waals surface area contributed by atoms with Crippen molar-refractivity contribution in [3.8, 4) is 0 Å². The molecule has 3 rings (SSSR count). The normalized spacial score (nSPS) is 15.4. The number of hydrogen-bond acceptors (Lipinski definition) is 2. The average Bonchev–Trinajstić information content (AvgIpc) is 2.88. The summed E-state index contributed by atoms with van der Waals surface area (Å²) >= 11 is 8.09. The topological polar surface area (TPSA) is 35.6 Å². The van der Waals surface area contributed by atoms with Crippen molar-refractivity contribution < 1.29 is 0 Å². The summed E-state index contributed by atoms with van der Waals surface area (Å²) in [6, 6.07) is 1.86. The molecule has 0 amide bonds. The molecule has 6 heteroatoms. The van der Waals surface area contributed by atoms with Crippen LogP contribution in [0.25, 0.3) is 0 Å². The molecule has 4 nitrogen and oxygen atoms in total. The van der Waals surface area contributed by atoms with Gasteiger partial charge in [-0.05, 0) is 41.4 Å². The summed E-state index contributed by atoms with van der Waals surface area (Å²) in [5.74, 6) is 0.849. The van der Waals surface area contributed by atoms with Crippen LogP contribution in [0.5, 0.6) is 0 Å². The van der Waals surface area contributed by atoms with Crippen LogP contribution in [0.4, 0.5) is 0 Å². The Labute approximate surface area is 118 Å². The molecule has 2 aromatic rings. The predicted octanol–water partition coefficient (Wildman–Crippen LogP) is 2.80. The van der Waals surface area contributed by atoms with Gasteiger partial charge < -0.3 is 0 Å². The summed E-state index contributed by atoms with van der Waals surface area (Å²) in [7, 11) is 0. The lowest BCUT2D eigenvalue weighted by Crippen LogP contribution is -2.03. The monoisotopic (exact) mass is 362 g/mol. The predicted molar refractivity (Wildman–Crippen MR) is 74.0 cm³/mol. The molecule has 0 unspecified atom stereocenters. The minimum Gasteiger partial charge on any atom is -0.272 e. The molecule has 0 bridgehead atoms. The highest BCUT2D eigenvalue weighted by atomic mass is 127. The van der Waals surface area contributed by atoms with Gasteiger partial charge in [-0.25, -0.2) is 0 Å². The summed E-state index contributed by atoms with van der Waals surface area (Å²) in [5, 5.41) is 9.14.